The lowest BCUT2D eigenvalue weighted by molar-refractivity contribution is 0.0744. The Morgan fingerprint density at radius 3 is 2.95 bits per heavy atom. The van der Waals surface area contributed by atoms with Crippen LogP contribution in [-0.2, 0) is 16.9 Å². The zero-order valence-electron chi connectivity index (χ0n) is 11.8. The van der Waals surface area contributed by atoms with Crippen LogP contribution in [0.1, 0.15) is 43.8 Å². The average molecular weight is 297 g/mol. The first-order valence-electron chi connectivity index (χ1n) is 7.64. The number of morpholine rings is 1. The Morgan fingerprint density at radius 2 is 2.15 bits per heavy atom. The summed E-state index contributed by atoms with van der Waals surface area (Å²) >= 11 is 1.98. The fourth-order valence-corrected chi connectivity index (χ4v) is 3.99. The molecule has 2 heterocycles. The van der Waals surface area contributed by atoms with Gasteiger partial charge in [0, 0.05) is 24.3 Å². The first-order chi connectivity index (χ1) is 9.90. The first-order valence-corrected chi connectivity index (χ1v) is 8.69. The van der Waals surface area contributed by atoms with E-state index in [1.54, 1.807) is 0 Å². The third-order valence-electron chi connectivity index (χ3n) is 3.93. The fourth-order valence-electron chi connectivity index (χ4n) is 2.82. The molecule has 0 amide bonds. The maximum atomic E-state index is 5.43. The van der Waals surface area contributed by atoms with Crippen molar-refractivity contribution in [2.24, 2.45) is 0 Å². The fraction of sp³-hybridized carbons (Fsp3) is 0.857. The van der Waals surface area contributed by atoms with Crippen molar-refractivity contribution < 1.29 is 9.26 Å². The van der Waals surface area contributed by atoms with Crippen LogP contribution < -0.4 is 5.32 Å². The second kappa shape index (κ2) is 7.43. The smallest absolute Gasteiger partial charge is 0.228 e. The highest BCUT2D eigenvalue weighted by molar-refractivity contribution is 7.99. The second-order valence-electron chi connectivity index (χ2n) is 5.61. The number of nitrogens with one attached hydrogen (secondary N) is 1. The van der Waals surface area contributed by atoms with Gasteiger partial charge >= 0.3 is 0 Å². The summed E-state index contributed by atoms with van der Waals surface area (Å²) < 4.78 is 10.8. The maximum absolute atomic E-state index is 5.43. The molecule has 1 atom stereocenters. The van der Waals surface area contributed by atoms with E-state index in [1.165, 1.54) is 32.1 Å². The van der Waals surface area contributed by atoms with Crippen LogP contribution in [0.2, 0.25) is 0 Å². The normalized spacial score (nSPS) is 24.9. The van der Waals surface area contributed by atoms with E-state index in [4.69, 9.17) is 9.26 Å². The van der Waals surface area contributed by atoms with E-state index in [9.17, 15) is 0 Å². The monoisotopic (exact) mass is 297 g/mol. The minimum Gasteiger partial charge on any atom is -0.378 e. The number of rotatable bonds is 5. The van der Waals surface area contributed by atoms with Crippen molar-refractivity contribution >= 4 is 11.8 Å². The maximum Gasteiger partial charge on any atom is 0.228 e. The lowest BCUT2D eigenvalue weighted by Crippen LogP contribution is -2.42. The average Bonchev–Trinajstić information content (AvgIpc) is 2.95. The summed E-state index contributed by atoms with van der Waals surface area (Å²) in [4.78, 5) is 4.49. The summed E-state index contributed by atoms with van der Waals surface area (Å²) in [6.45, 7) is 2.43. The van der Waals surface area contributed by atoms with Crippen LogP contribution in [0.5, 0.6) is 0 Å². The van der Waals surface area contributed by atoms with Crippen molar-refractivity contribution in [2.45, 2.75) is 55.6 Å². The summed E-state index contributed by atoms with van der Waals surface area (Å²) in [6.07, 6.45) is 7.61. The molecular weight excluding hydrogens is 274 g/mol. The summed E-state index contributed by atoms with van der Waals surface area (Å²) in [5.41, 5.74) is 0. The minimum atomic E-state index is 0.308. The van der Waals surface area contributed by atoms with Gasteiger partial charge < -0.3 is 14.6 Å². The molecule has 2 fully saturated rings. The van der Waals surface area contributed by atoms with Gasteiger partial charge in [-0.25, -0.2) is 0 Å². The van der Waals surface area contributed by atoms with E-state index >= 15 is 0 Å². The van der Waals surface area contributed by atoms with Gasteiger partial charge in [-0.2, -0.15) is 16.7 Å². The van der Waals surface area contributed by atoms with Crippen molar-refractivity contribution in [1.29, 1.82) is 0 Å². The third-order valence-corrected chi connectivity index (χ3v) is 5.30. The summed E-state index contributed by atoms with van der Waals surface area (Å²) in [5.74, 6) is 2.45. The second-order valence-corrected chi connectivity index (χ2v) is 6.89. The van der Waals surface area contributed by atoms with Crippen molar-refractivity contribution in [1.82, 2.24) is 15.5 Å². The molecule has 112 valence electrons. The van der Waals surface area contributed by atoms with E-state index in [1.807, 2.05) is 11.8 Å². The number of hydrogen-bond acceptors (Lipinski definition) is 6. The molecule has 6 heteroatoms. The number of nitrogens with zero attached hydrogens (tertiary/aromatic N) is 2. The highest BCUT2D eigenvalue weighted by Crippen LogP contribution is 2.29. The Balaban J connectivity index is 1.43. The van der Waals surface area contributed by atoms with Gasteiger partial charge in [0.2, 0.25) is 5.89 Å². The van der Waals surface area contributed by atoms with Crippen LogP contribution in [-0.4, -0.2) is 41.2 Å². The predicted octanol–water partition coefficient (Wildman–Crippen LogP) is 2.17. The van der Waals surface area contributed by atoms with Crippen LogP contribution >= 0.6 is 11.8 Å². The van der Waals surface area contributed by atoms with E-state index < -0.39 is 0 Å². The van der Waals surface area contributed by atoms with Crippen LogP contribution in [0.4, 0.5) is 0 Å². The van der Waals surface area contributed by atoms with E-state index in [-0.39, 0.29) is 0 Å². The van der Waals surface area contributed by atoms with E-state index in [2.05, 4.69) is 15.5 Å². The summed E-state index contributed by atoms with van der Waals surface area (Å²) in [7, 11) is 0. The topological polar surface area (TPSA) is 60.2 Å². The number of ether oxygens (including phenoxy) is 1. The van der Waals surface area contributed by atoms with Crippen molar-refractivity contribution in [3.8, 4) is 0 Å². The van der Waals surface area contributed by atoms with Gasteiger partial charge in [0.1, 0.15) is 0 Å². The quantitative estimate of drug-likeness (QED) is 0.899. The van der Waals surface area contributed by atoms with E-state index in [0.29, 0.717) is 6.04 Å². The Morgan fingerprint density at radius 1 is 1.25 bits per heavy atom. The van der Waals surface area contributed by atoms with Gasteiger partial charge in [0.25, 0.3) is 0 Å². The van der Waals surface area contributed by atoms with Crippen molar-refractivity contribution in [3.63, 3.8) is 0 Å². The van der Waals surface area contributed by atoms with E-state index in [0.717, 1.165) is 48.9 Å². The standard InChI is InChI=1S/C14H23N3O2S/c1-2-4-12(5-3-1)20-10-13-16-14(19-17-13)8-11-9-18-7-6-15-11/h11-12,15H,1-10H2. The largest absolute Gasteiger partial charge is 0.378 e. The molecule has 20 heavy (non-hydrogen) atoms. The van der Waals surface area contributed by atoms with Gasteiger partial charge in [0.15, 0.2) is 5.82 Å². The SMILES string of the molecule is C1CCC(SCc2noc(CC3COCCN3)n2)CC1. The molecule has 1 aromatic rings. The number of thioether (sulfide) groups is 1. The van der Waals surface area contributed by atoms with Crippen molar-refractivity contribution in [2.75, 3.05) is 19.8 Å². The Bertz CT molecular complexity index is 401. The predicted molar refractivity (Wildman–Crippen MR) is 78.8 cm³/mol. The minimum absolute atomic E-state index is 0.308. The number of aromatic nitrogens is 2. The molecule has 0 aromatic carbocycles. The lowest BCUT2D eigenvalue weighted by Gasteiger charge is -2.22. The molecule has 1 aromatic heterocycles. The zero-order chi connectivity index (χ0) is 13.6. The lowest BCUT2D eigenvalue weighted by atomic mass is 10.0. The van der Waals surface area contributed by atoms with Gasteiger partial charge in [-0.3, -0.25) is 0 Å². The Kier molecular flexibility index (Phi) is 5.33. The molecule has 5 nitrogen and oxygen atoms in total. The van der Waals surface area contributed by atoms with Crippen molar-refractivity contribution in [3.05, 3.63) is 11.7 Å². The van der Waals surface area contributed by atoms with Gasteiger partial charge in [-0.1, -0.05) is 24.4 Å². The van der Waals surface area contributed by atoms with Crippen LogP contribution in [0, 0.1) is 0 Å². The highest BCUT2D eigenvalue weighted by atomic mass is 32.2. The molecule has 3 rings (SSSR count). The molecule has 2 aliphatic rings. The molecule has 0 bridgehead atoms. The molecule has 1 aliphatic carbocycles. The van der Waals surface area contributed by atoms with Gasteiger partial charge in [0.05, 0.1) is 19.0 Å². The summed E-state index contributed by atoms with van der Waals surface area (Å²) in [6, 6.07) is 0.308. The van der Waals surface area contributed by atoms with Crippen LogP contribution in [0.25, 0.3) is 0 Å². The molecule has 1 aliphatic heterocycles. The molecule has 1 N–H and O–H groups in total. The zero-order valence-corrected chi connectivity index (χ0v) is 12.7. The summed E-state index contributed by atoms with van der Waals surface area (Å²) in [5, 5.41) is 8.28. The molecule has 1 saturated carbocycles. The Hall–Kier alpha value is -0.590. The molecule has 1 saturated heterocycles. The van der Waals surface area contributed by atoms with Gasteiger partial charge in [-0.15, -0.1) is 0 Å². The Labute approximate surface area is 124 Å². The molecular formula is C14H23N3O2S. The third kappa shape index (κ3) is 4.20. The first kappa shape index (κ1) is 14.4. The van der Waals surface area contributed by atoms with Crippen LogP contribution in [0.15, 0.2) is 4.52 Å². The van der Waals surface area contributed by atoms with Crippen LogP contribution in [0.3, 0.4) is 0 Å². The molecule has 0 spiro atoms. The van der Waals surface area contributed by atoms with Gasteiger partial charge in [-0.05, 0) is 12.8 Å². The molecule has 0 radical (unpaired) electrons. The highest BCUT2D eigenvalue weighted by Gasteiger charge is 2.18. The molecule has 1 unspecified atom stereocenters. The number of hydrogen-bond donors (Lipinski definition) is 1.